The van der Waals surface area contributed by atoms with E-state index < -0.39 is 0 Å². The third-order valence-electron chi connectivity index (χ3n) is 4.02. The van der Waals surface area contributed by atoms with E-state index in [1.165, 1.54) is 19.3 Å². The Hall–Kier alpha value is -0.160. The molecule has 3 rings (SSSR count). The molecule has 106 valence electrons. The van der Waals surface area contributed by atoms with Crippen molar-refractivity contribution in [2.45, 2.75) is 37.9 Å². The standard InChI is InChI=1S/C14H18BrFN2.ClH/c15-11-2-1-10(14(16)7-11)8-18-6-5-12-3-4-13(9-18)17-12;/h1-2,7,12-13,17H,3-6,8-9H2;1H. The SMILES string of the molecule is Cl.Fc1cc(Br)ccc1CN1CCC2CCC(C1)N2. The van der Waals surface area contributed by atoms with E-state index in [-0.39, 0.29) is 18.2 Å². The molecule has 1 N–H and O–H groups in total. The van der Waals surface area contributed by atoms with Crippen molar-refractivity contribution in [1.29, 1.82) is 0 Å². The van der Waals surface area contributed by atoms with Crippen molar-refractivity contribution in [1.82, 2.24) is 10.2 Å². The molecule has 0 spiro atoms. The van der Waals surface area contributed by atoms with E-state index in [0.717, 1.165) is 29.7 Å². The van der Waals surface area contributed by atoms with Gasteiger partial charge in [-0.05, 0) is 31.4 Å². The number of hydrogen-bond acceptors (Lipinski definition) is 2. The summed E-state index contributed by atoms with van der Waals surface area (Å²) in [6.07, 6.45) is 3.77. The van der Waals surface area contributed by atoms with Crippen LogP contribution in [0.2, 0.25) is 0 Å². The minimum atomic E-state index is -0.105. The van der Waals surface area contributed by atoms with Gasteiger partial charge in [0.05, 0.1) is 0 Å². The highest BCUT2D eigenvalue weighted by Gasteiger charge is 2.29. The van der Waals surface area contributed by atoms with Crippen LogP contribution in [0.5, 0.6) is 0 Å². The first kappa shape index (κ1) is 15.2. The van der Waals surface area contributed by atoms with Crippen molar-refractivity contribution >= 4 is 28.3 Å². The second-order valence-corrected chi connectivity index (χ2v) is 6.31. The van der Waals surface area contributed by atoms with Gasteiger partial charge in [-0.1, -0.05) is 22.0 Å². The van der Waals surface area contributed by atoms with Crippen LogP contribution in [0.1, 0.15) is 24.8 Å². The molecule has 5 heteroatoms. The van der Waals surface area contributed by atoms with Crippen molar-refractivity contribution < 1.29 is 4.39 Å². The molecular formula is C14H19BrClFN2. The molecule has 2 unspecified atom stereocenters. The van der Waals surface area contributed by atoms with Crippen LogP contribution in [-0.2, 0) is 6.54 Å². The summed E-state index contributed by atoms with van der Waals surface area (Å²) in [4.78, 5) is 2.38. The number of benzene rings is 1. The first-order valence-corrected chi connectivity index (χ1v) is 7.42. The molecule has 19 heavy (non-hydrogen) atoms. The fourth-order valence-corrected chi connectivity index (χ4v) is 3.38. The topological polar surface area (TPSA) is 15.3 Å². The van der Waals surface area contributed by atoms with Crippen molar-refractivity contribution in [2.24, 2.45) is 0 Å². The summed E-state index contributed by atoms with van der Waals surface area (Å²) in [5.74, 6) is -0.105. The minimum absolute atomic E-state index is 0. The Bertz CT molecular complexity index is 443. The number of hydrogen-bond donors (Lipinski definition) is 1. The minimum Gasteiger partial charge on any atom is -0.310 e. The van der Waals surface area contributed by atoms with Crippen molar-refractivity contribution in [3.05, 3.63) is 34.1 Å². The molecule has 0 aliphatic carbocycles. The van der Waals surface area contributed by atoms with E-state index in [1.807, 2.05) is 12.1 Å². The van der Waals surface area contributed by atoms with Gasteiger partial charge in [0.1, 0.15) is 5.82 Å². The normalized spacial score (nSPS) is 26.8. The maximum absolute atomic E-state index is 13.8. The molecule has 0 saturated carbocycles. The van der Waals surface area contributed by atoms with Crippen LogP contribution in [0, 0.1) is 5.82 Å². The molecule has 2 aliphatic heterocycles. The molecule has 2 bridgehead atoms. The maximum atomic E-state index is 13.8. The quantitative estimate of drug-likeness (QED) is 0.881. The molecule has 2 aliphatic rings. The smallest absolute Gasteiger partial charge is 0.128 e. The number of halogens is 3. The Morgan fingerprint density at radius 2 is 2.05 bits per heavy atom. The van der Waals surface area contributed by atoms with Gasteiger partial charge in [-0.2, -0.15) is 0 Å². The molecule has 0 radical (unpaired) electrons. The van der Waals surface area contributed by atoms with Crippen molar-refractivity contribution in [3.8, 4) is 0 Å². The summed E-state index contributed by atoms with van der Waals surface area (Å²) >= 11 is 3.30. The summed E-state index contributed by atoms with van der Waals surface area (Å²) in [7, 11) is 0. The summed E-state index contributed by atoms with van der Waals surface area (Å²) in [5, 5.41) is 3.65. The zero-order valence-corrected chi connectivity index (χ0v) is 13.1. The van der Waals surface area contributed by atoms with Crippen LogP contribution in [0.3, 0.4) is 0 Å². The first-order chi connectivity index (χ1) is 8.70. The Morgan fingerprint density at radius 1 is 1.26 bits per heavy atom. The van der Waals surface area contributed by atoms with Crippen LogP contribution < -0.4 is 5.32 Å². The zero-order valence-electron chi connectivity index (χ0n) is 10.7. The maximum Gasteiger partial charge on any atom is 0.128 e. The van der Waals surface area contributed by atoms with Crippen LogP contribution in [-0.4, -0.2) is 30.1 Å². The molecule has 1 aromatic carbocycles. The molecule has 0 aromatic heterocycles. The van der Waals surface area contributed by atoms with Gasteiger partial charge in [-0.3, -0.25) is 4.90 Å². The Labute approximate surface area is 128 Å². The van der Waals surface area contributed by atoms with Crippen LogP contribution in [0.15, 0.2) is 22.7 Å². The van der Waals surface area contributed by atoms with Crippen LogP contribution in [0.25, 0.3) is 0 Å². The van der Waals surface area contributed by atoms with Gasteiger partial charge in [0.2, 0.25) is 0 Å². The molecule has 2 heterocycles. The molecule has 2 saturated heterocycles. The number of nitrogens with zero attached hydrogens (tertiary/aromatic N) is 1. The fraction of sp³-hybridized carbons (Fsp3) is 0.571. The van der Waals surface area contributed by atoms with Gasteiger partial charge in [-0.25, -0.2) is 4.39 Å². The van der Waals surface area contributed by atoms with Gasteiger partial charge < -0.3 is 5.32 Å². The van der Waals surface area contributed by atoms with E-state index in [4.69, 9.17) is 0 Å². The monoisotopic (exact) mass is 348 g/mol. The van der Waals surface area contributed by atoms with Gasteiger partial charge in [0.25, 0.3) is 0 Å². The van der Waals surface area contributed by atoms with Crippen LogP contribution in [0.4, 0.5) is 4.39 Å². The Morgan fingerprint density at radius 3 is 2.84 bits per heavy atom. The lowest BCUT2D eigenvalue weighted by Gasteiger charge is -2.24. The van der Waals surface area contributed by atoms with E-state index in [9.17, 15) is 4.39 Å². The van der Waals surface area contributed by atoms with E-state index >= 15 is 0 Å². The lowest BCUT2D eigenvalue weighted by molar-refractivity contribution is 0.247. The van der Waals surface area contributed by atoms with E-state index in [2.05, 4.69) is 26.1 Å². The van der Waals surface area contributed by atoms with Crippen molar-refractivity contribution in [3.63, 3.8) is 0 Å². The highest BCUT2D eigenvalue weighted by molar-refractivity contribution is 9.10. The molecular weight excluding hydrogens is 331 g/mol. The zero-order chi connectivity index (χ0) is 12.5. The highest BCUT2D eigenvalue weighted by Crippen LogP contribution is 2.23. The summed E-state index contributed by atoms with van der Waals surface area (Å²) in [6.45, 7) is 2.85. The van der Waals surface area contributed by atoms with Crippen LogP contribution >= 0.6 is 28.3 Å². The van der Waals surface area contributed by atoms with Gasteiger partial charge in [-0.15, -0.1) is 12.4 Å². The average molecular weight is 350 g/mol. The fourth-order valence-electron chi connectivity index (χ4n) is 3.05. The molecule has 2 nitrogen and oxygen atoms in total. The Balaban J connectivity index is 0.00000133. The predicted octanol–water partition coefficient (Wildman–Crippen LogP) is 3.34. The number of likely N-dealkylation sites (tertiary alicyclic amines) is 1. The molecule has 0 amide bonds. The lowest BCUT2D eigenvalue weighted by atomic mass is 10.1. The van der Waals surface area contributed by atoms with Gasteiger partial charge >= 0.3 is 0 Å². The van der Waals surface area contributed by atoms with Crippen molar-refractivity contribution in [2.75, 3.05) is 13.1 Å². The van der Waals surface area contributed by atoms with Gasteiger partial charge in [0, 0.05) is 41.8 Å². The average Bonchev–Trinajstić information content (AvgIpc) is 2.66. The first-order valence-electron chi connectivity index (χ1n) is 6.63. The summed E-state index contributed by atoms with van der Waals surface area (Å²) < 4.78 is 14.6. The predicted molar refractivity (Wildman–Crippen MR) is 81.2 cm³/mol. The second kappa shape index (κ2) is 6.53. The number of fused-ring (bicyclic) bond motifs is 2. The Kier molecular flexibility index (Phi) is 5.23. The van der Waals surface area contributed by atoms with E-state index in [0.29, 0.717) is 12.1 Å². The largest absolute Gasteiger partial charge is 0.310 e. The second-order valence-electron chi connectivity index (χ2n) is 5.40. The third-order valence-corrected chi connectivity index (χ3v) is 4.51. The number of nitrogens with one attached hydrogen (secondary N) is 1. The third kappa shape index (κ3) is 3.69. The number of rotatable bonds is 2. The molecule has 1 aromatic rings. The van der Waals surface area contributed by atoms with Gasteiger partial charge in [0.15, 0.2) is 0 Å². The molecule has 2 atom stereocenters. The summed E-state index contributed by atoms with van der Waals surface area (Å²) in [6, 6.07) is 6.65. The lowest BCUT2D eigenvalue weighted by Crippen LogP contribution is -2.35. The highest BCUT2D eigenvalue weighted by atomic mass is 79.9. The summed E-state index contributed by atoms with van der Waals surface area (Å²) in [5.41, 5.74) is 0.802. The van der Waals surface area contributed by atoms with E-state index in [1.54, 1.807) is 6.07 Å². The molecule has 2 fully saturated rings.